The van der Waals surface area contributed by atoms with Crippen LogP contribution in [0.3, 0.4) is 0 Å². The molecule has 1 atom stereocenters. The highest BCUT2D eigenvalue weighted by atomic mass is 19.4. The van der Waals surface area contributed by atoms with Gasteiger partial charge in [-0.25, -0.2) is 5.43 Å². The molecule has 1 saturated carbocycles. The topological polar surface area (TPSA) is 38.0 Å². The fraction of sp³-hybridized carbons (Fsp3) is 1.00. The van der Waals surface area contributed by atoms with Gasteiger partial charge in [-0.3, -0.25) is 5.84 Å². The van der Waals surface area contributed by atoms with E-state index < -0.39 is 12.2 Å². The van der Waals surface area contributed by atoms with Crippen LogP contribution < -0.4 is 11.3 Å². The third kappa shape index (κ3) is 2.84. The summed E-state index contributed by atoms with van der Waals surface area (Å²) in [7, 11) is 0. The van der Waals surface area contributed by atoms with Gasteiger partial charge in [-0.05, 0) is 18.8 Å². The Morgan fingerprint density at radius 3 is 2.08 bits per heavy atom. The molecule has 78 valence electrons. The van der Waals surface area contributed by atoms with Crippen LogP contribution in [0.2, 0.25) is 0 Å². The van der Waals surface area contributed by atoms with E-state index in [1.54, 1.807) is 0 Å². The summed E-state index contributed by atoms with van der Waals surface area (Å²) in [6.07, 6.45) is -0.122. The zero-order valence-electron chi connectivity index (χ0n) is 7.40. The number of rotatable bonds is 2. The maximum atomic E-state index is 12.4. The molecule has 5 heteroatoms. The highest BCUT2D eigenvalue weighted by molar-refractivity contribution is 4.83. The van der Waals surface area contributed by atoms with Gasteiger partial charge in [0.1, 0.15) is 6.04 Å². The Morgan fingerprint density at radius 1 is 1.15 bits per heavy atom. The Balaban J connectivity index is 2.54. The van der Waals surface area contributed by atoms with Crippen molar-refractivity contribution in [2.75, 3.05) is 0 Å². The van der Waals surface area contributed by atoms with Crippen molar-refractivity contribution in [3.8, 4) is 0 Å². The quantitative estimate of drug-likeness (QED) is 0.523. The Morgan fingerprint density at radius 2 is 1.69 bits per heavy atom. The van der Waals surface area contributed by atoms with Crippen LogP contribution >= 0.6 is 0 Å². The molecule has 13 heavy (non-hydrogen) atoms. The number of nitrogens with two attached hydrogens (primary N) is 1. The lowest BCUT2D eigenvalue weighted by atomic mass is 9.84. The molecule has 3 N–H and O–H groups in total. The maximum Gasteiger partial charge on any atom is 0.405 e. The molecule has 1 aliphatic rings. The Kier molecular flexibility index (Phi) is 3.55. The lowest BCUT2D eigenvalue weighted by Crippen LogP contribution is -2.51. The molecule has 0 amide bonds. The second-order valence-electron chi connectivity index (χ2n) is 3.58. The molecular weight excluding hydrogens is 181 g/mol. The minimum Gasteiger partial charge on any atom is -0.271 e. The molecule has 1 unspecified atom stereocenters. The fourth-order valence-electron chi connectivity index (χ4n) is 1.97. The standard InChI is InChI=1S/C8H15F3N2/c9-8(10,11)7(13-12)6-4-2-1-3-5-6/h6-7,13H,1-5,12H2. The number of hydrazine groups is 1. The highest BCUT2D eigenvalue weighted by Gasteiger charge is 2.43. The number of halogens is 3. The van der Waals surface area contributed by atoms with Crippen LogP contribution in [-0.2, 0) is 0 Å². The van der Waals surface area contributed by atoms with Crippen molar-refractivity contribution >= 4 is 0 Å². The summed E-state index contributed by atoms with van der Waals surface area (Å²) in [4.78, 5) is 0. The SMILES string of the molecule is NNC(C1CCCCC1)C(F)(F)F. The molecule has 0 aromatic rings. The molecule has 0 bridgehead atoms. The van der Waals surface area contributed by atoms with Gasteiger partial charge < -0.3 is 0 Å². The van der Waals surface area contributed by atoms with Gasteiger partial charge in [0.15, 0.2) is 0 Å². The molecule has 0 heterocycles. The lowest BCUT2D eigenvalue weighted by molar-refractivity contribution is -0.170. The van der Waals surface area contributed by atoms with Gasteiger partial charge in [0.05, 0.1) is 0 Å². The lowest BCUT2D eigenvalue weighted by Gasteiger charge is -2.30. The van der Waals surface area contributed by atoms with Crippen molar-refractivity contribution in [2.45, 2.75) is 44.3 Å². The molecule has 0 aromatic carbocycles. The zero-order chi connectivity index (χ0) is 9.90. The summed E-state index contributed by atoms with van der Waals surface area (Å²) < 4.78 is 37.1. The smallest absolute Gasteiger partial charge is 0.271 e. The van der Waals surface area contributed by atoms with Crippen molar-refractivity contribution in [1.82, 2.24) is 5.43 Å². The van der Waals surface area contributed by atoms with Crippen LogP contribution in [0.1, 0.15) is 32.1 Å². The summed E-state index contributed by atoms with van der Waals surface area (Å²) >= 11 is 0. The van der Waals surface area contributed by atoms with Crippen molar-refractivity contribution in [3.05, 3.63) is 0 Å². The van der Waals surface area contributed by atoms with Crippen LogP contribution in [0.5, 0.6) is 0 Å². The van der Waals surface area contributed by atoms with Gasteiger partial charge in [0.25, 0.3) is 0 Å². The zero-order valence-corrected chi connectivity index (χ0v) is 7.40. The molecule has 0 radical (unpaired) electrons. The van der Waals surface area contributed by atoms with Crippen molar-refractivity contribution in [3.63, 3.8) is 0 Å². The fourth-order valence-corrected chi connectivity index (χ4v) is 1.97. The van der Waals surface area contributed by atoms with E-state index in [0.29, 0.717) is 12.8 Å². The van der Waals surface area contributed by atoms with Gasteiger partial charge in [-0.15, -0.1) is 0 Å². The summed E-state index contributed by atoms with van der Waals surface area (Å²) in [6.45, 7) is 0. The Labute approximate surface area is 75.6 Å². The number of hydrogen-bond acceptors (Lipinski definition) is 2. The number of alkyl halides is 3. The van der Waals surface area contributed by atoms with E-state index in [4.69, 9.17) is 5.84 Å². The molecule has 0 spiro atoms. The van der Waals surface area contributed by atoms with Crippen LogP contribution in [0.25, 0.3) is 0 Å². The van der Waals surface area contributed by atoms with Gasteiger partial charge in [0.2, 0.25) is 0 Å². The maximum absolute atomic E-state index is 12.4. The van der Waals surface area contributed by atoms with Crippen LogP contribution in [0, 0.1) is 5.92 Å². The van der Waals surface area contributed by atoms with Crippen molar-refractivity contribution in [2.24, 2.45) is 11.8 Å². The summed E-state index contributed by atoms with van der Waals surface area (Å²) in [5.41, 5.74) is 1.89. The molecular formula is C8H15F3N2. The van der Waals surface area contributed by atoms with E-state index in [0.717, 1.165) is 19.3 Å². The minimum atomic E-state index is -4.21. The minimum absolute atomic E-state index is 0.334. The molecule has 0 aromatic heterocycles. The first-order valence-corrected chi connectivity index (χ1v) is 4.58. The van der Waals surface area contributed by atoms with E-state index in [9.17, 15) is 13.2 Å². The average molecular weight is 196 g/mol. The van der Waals surface area contributed by atoms with E-state index >= 15 is 0 Å². The number of hydrogen-bond donors (Lipinski definition) is 2. The van der Waals surface area contributed by atoms with Gasteiger partial charge in [-0.1, -0.05) is 19.3 Å². The third-order valence-corrected chi connectivity index (χ3v) is 2.65. The molecule has 1 aliphatic carbocycles. The van der Waals surface area contributed by atoms with Gasteiger partial charge in [-0.2, -0.15) is 13.2 Å². The monoisotopic (exact) mass is 196 g/mol. The van der Waals surface area contributed by atoms with Crippen LogP contribution in [0.15, 0.2) is 0 Å². The van der Waals surface area contributed by atoms with E-state index in [1.165, 1.54) is 0 Å². The molecule has 1 rings (SSSR count). The van der Waals surface area contributed by atoms with E-state index in [2.05, 4.69) is 0 Å². The predicted octanol–water partition coefficient (Wildman–Crippen LogP) is 1.96. The number of nitrogens with one attached hydrogen (secondary N) is 1. The highest BCUT2D eigenvalue weighted by Crippen LogP contribution is 2.33. The van der Waals surface area contributed by atoms with Crippen molar-refractivity contribution < 1.29 is 13.2 Å². The summed E-state index contributed by atoms with van der Waals surface area (Å²) in [5, 5.41) is 0. The summed E-state index contributed by atoms with van der Waals surface area (Å²) in [6, 6.07) is -1.52. The van der Waals surface area contributed by atoms with Gasteiger partial charge >= 0.3 is 6.18 Å². The van der Waals surface area contributed by atoms with E-state index in [1.807, 2.05) is 5.43 Å². The van der Waals surface area contributed by atoms with E-state index in [-0.39, 0.29) is 5.92 Å². The normalized spacial score (nSPS) is 23.1. The van der Waals surface area contributed by atoms with Crippen LogP contribution in [0.4, 0.5) is 13.2 Å². The second kappa shape index (κ2) is 4.28. The summed E-state index contributed by atoms with van der Waals surface area (Å²) in [5.74, 6) is 4.59. The molecule has 0 saturated heterocycles. The molecule has 2 nitrogen and oxygen atoms in total. The molecule has 1 fully saturated rings. The molecule has 0 aliphatic heterocycles. The first-order chi connectivity index (χ1) is 6.05. The third-order valence-electron chi connectivity index (χ3n) is 2.65. The Bertz CT molecular complexity index is 152. The first-order valence-electron chi connectivity index (χ1n) is 4.58. The van der Waals surface area contributed by atoms with Crippen molar-refractivity contribution in [1.29, 1.82) is 0 Å². The first kappa shape index (κ1) is 10.8. The van der Waals surface area contributed by atoms with Crippen LogP contribution in [-0.4, -0.2) is 12.2 Å². The second-order valence-corrected chi connectivity index (χ2v) is 3.58. The average Bonchev–Trinajstić information content (AvgIpc) is 2.05. The predicted molar refractivity (Wildman–Crippen MR) is 43.7 cm³/mol. The van der Waals surface area contributed by atoms with Gasteiger partial charge in [0, 0.05) is 0 Å². The largest absolute Gasteiger partial charge is 0.405 e. The Hall–Kier alpha value is -0.290.